The number of benzene rings is 1. The zero-order valence-electron chi connectivity index (χ0n) is 15.7. The number of halogens is 3. The maximum atomic E-state index is 13.1. The van der Waals surface area contributed by atoms with Crippen molar-refractivity contribution in [3.63, 3.8) is 0 Å². The van der Waals surface area contributed by atoms with E-state index in [-0.39, 0.29) is 17.4 Å². The van der Waals surface area contributed by atoms with Gasteiger partial charge in [-0.1, -0.05) is 19.1 Å². The number of aromatic nitrogens is 2. The second-order valence-electron chi connectivity index (χ2n) is 6.52. The number of ether oxygens (including phenoxy) is 1. The minimum atomic E-state index is -4.52. The number of fused-ring (bicyclic) bond motifs is 1. The Bertz CT molecular complexity index is 1010. The summed E-state index contributed by atoms with van der Waals surface area (Å²) >= 11 is 0. The summed E-state index contributed by atoms with van der Waals surface area (Å²) in [5, 5.41) is 2.74. The summed E-state index contributed by atoms with van der Waals surface area (Å²) in [6.07, 6.45) is -3.33. The molecule has 2 aromatic heterocycles. The fourth-order valence-electron chi connectivity index (χ4n) is 2.86. The first-order valence-electron chi connectivity index (χ1n) is 8.86. The lowest BCUT2D eigenvalue weighted by molar-refractivity contribution is -0.137. The van der Waals surface area contributed by atoms with Gasteiger partial charge in [0.15, 0.2) is 0 Å². The van der Waals surface area contributed by atoms with Gasteiger partial charge in [0.2, 0.25) is 0 Å². The summed E-state index contributed by atoms with van der Waals surface area (Å²) in [5.41, 5.74) is 0.353. The Hall–Kier alpha value is -3.03. The Morgan fingerprint density at radius 1 is 1.21 bits per heavy atom. The van der Waals surface area contributed by atoms with Crippen LogP contribution in [0.15, 0.2) is 42.6 Å². The fraction of sp³-hybridized carbons (Fsp3) is 0.300. The molecule has 1 aromatic carbocycles. The molecule has 0 aliphatic rings. The maximum Gasteiger partial charge on any atom is 0.417 e. The SMILES string of the molecule is CCc1nc2ccc(C(F)(F)F)cn2c1C(=O)Nc1ccccc1OC(C)C. The summed E-state index contributed by atoms with van der Waals surface area (Å²) in [5.74, 6) is -0.0721. The number of rotatable bonds is 5. The van der Waals surface area contributed by atoms with Gasteiger partial charge in [0, 0.05) is 6.20 Å². The van der Waals surface area contributed by atoms with Crippen LogP contribution in [0.3, 0.4) is 0 Å². The highest BCUT2D eigenvalue weighted by Crippen LogP contribution is 2.30. The molecule has 5 nitrogen and oxygen atoms in total. The second kappa shape index (κ2) is 7.53. The molecule has 1 N–H and O–H groups in total. The number of alkyl halides is 3. The van der Waals surface area contributed by atoms with E-state index in [2.05, 4.69) is 10.3 Å². The molecule has 28 heavy (non-hydrogen) atoms. The van der Waals surface area contributed by atoms with Crippen molar-refractivity contribution in [2.24, 2.45) is 0 Å². The van der Waals surface area contributed by atoms with Gasteiger partial charge in [-0.2, -0.15) is 13.2 Å². The van der Waals surface area contributed by atoms with Crippen LogP contribution in [0.2, 0.25) is 0 Å². The molecule has 0 bridgehead atoms. The number of para-hydroxylation sites is 2. The van der Waals surface area contributed by atoms with Crippen LogP contribution in [0.5, 0.6) is 5.75 Å². The zero-order valence-corrected chi connectivity index (χ0v) is 15.7. The quantitative estimate of drug-likeness (QED) is 0.669. The van der Waals surface area contributed by atoms with E-state index in [1.165, 1.54) is 10.5 Å². The van der Waals surface area contributed by atoms with E-state index in [0.717, 1.165) is 12.3 Å². The number of anilines is 1. The predicted molar refractivity (Wildman–Crippen MR) is 99.7 cm³/mol. The van der Waals surface area contributed by atoms with Crippen molar-refractivity contribution < 1.29 is 22.7 Å². The number of nitrogens with zero attached hydrogens (tertiary/aromatic N) is 2. The standard InChI is InChI=1S/C20H20F3N3O2/c1-4-14-18(26-11-13(20(21,22)23)9-10-17(26)24-14)19(27)25-15-7-5-6-8-16(15)28-12(2)3/h5-12H,4H2,1-3H3,(H,25,27). The van der Waals surface area contributed by atoms with Crippen LogP contribution in [0.25, 0.3) is 5.65 Å². The topological polar surface area (TPSA) is 55.6 Å². The smallest absolute Gasteiger partial charge is 0.417 e. The Balaban J connectivity index is 2.04. The number of aryl methyl sites for hydroxylation is 1. The van der Waals surface area contributed by atoms with Crippen molar-refractivity contribution in [1.82, 2.24) is 9.38 Å². The third-order valence-electron chi connectivity index (χ3n) is 4.07. The first-order valence-corrected chi connectivity index (χ1v) is 8.86. The minimum absolute atomic E-state index is 0.0722. The number of nitrogens with one attached hydrogen (secondary N) is 1. The van der Waals surface area contributed by atoms with Crippen LogP contribution in [-0.4, -0.2) is 21.4 Å². The number of pyridine rings is 1. The molecule has 0 aliphatic carbocycles. The Labute approximate surface area is 160 Å². The molecule has 148 valence electrons. The largest absolute Gasteiger partial charge is 0.489 e. The first-order chi connectivity index (χ1) is 13.2. The van der Waals surface area contributed by atoms with E-state index < -0.39 is 17.6 Å². The van der Waals surface area contributed by atoms with Gasteiger partial charge in [0.1, 0.15) is 17.1 Å². The summed E-state index contributed by atoms with van der Waals surface area (Å²) in [6.45, 7) is 5.51. The summed E-state index contributed by atoms with van der Waals surface area (Å²) < 4.78 is 46.2. The van der Waals surface area contributed by atoms with Crippen LogP contribution in [0.1, 0.15) is 42.5 Å². The van der Waals surface area contributed by atoms with Crippen molar-refractivity contribution in [3.8, 4) is 5.75 Å². The molecule has 0 atom stereocenters. The highest BCUT2D eigenvalue weighted by molar-refractivity contribution is 6.05. The van der Waals surface area contributed by atoms with Gasteiger partial charge in [-0.3, -0.25) is 9.20 Å². The number of hydrogen-bond donors (Lipinski definition) is 1. The average Bonchev–Trinajstić information content (AvgIpc) is 3.00. The molecule has 0 unspecified atom stereocenters. The van der Waals surface area contributed by atoms with Crippen molar-refractivity contribution in [1.29, 1.82) is 0 Å². The maximum absolute atomic E-state index is 13.1. The van der Waals surface area contributed by atoms with Gasteiger partial charge in [-0.25, -0.2) is 4.98 Å². The summed E-state index contributed by atoms with van der Waals surface area (Å²) in [4.78, 5) is 17.3. The van der Waals surface area contributed by atoms with Crippen molar-refractivity contribution in [2.75, 3.05) is 5.32 Å². The fourth-order valence-corrected chi connectivity index (χ4v) is 2.86. The van der Waals surface area contributed by atoms with Crippen LogP contribution in [0, 0.1) is 0 Å². The minimum Gasteiger partial charge on any atom is -0.489 e. The van der Waals surface area contributed by atoms with Crippen molar-refractivity contribution in [2.45, 2.75) is 39.5 Å². The highest BCUT2D eigenvalue weighted by Gasteiger charge is 2.32. The van der Waals surface area contributed by atoms with Crippen molar-refractivity contribution >= 4 is 17.2 Å². The lowest BCUT2D eigenvalue weighted by Crippen LogP contribution is -2.18. The molecule has 8 heteroatoms. The molecule has 3 rings (SSSR count). The van der Waals surface area contributed by atoms with Gasteiger partial charge in [0.05, 0.1) is 23.0 Å². The third-order valence-corrected chi connectivity index (χ3v) is 4.07. The van der Waals surface area contributed by atoms with Crippen LogP contribution < -0.4 is 10.1 Å². The molecule has 0 fully saturated rings. The number of carbonyl (C=O) groups excluding carboxylic acids is 1. The number of amides is 1. The Morgan fingerprint density at radius 3 is 2.57 bits per heavy atom. The normalized spacial score (nSPS) is 11.8. The number of carbonyl (C=O) groups is 1. The van der Waals surface area contributed by atoms with Gasteiger partial charge in [-0.15, -0.1) is 0 Å². The molecule has 0 saturated heterocycles. The van der Waals surface area contributed by atoms with E-state index in [0.29, 0.717) is 23.6 Å². The molecule has 0 radical (unpaired) electrons. The molecule has 0 aliphatic heterocycles. The van der Waals surface area contributed by atoms with E-state index in [4.69, 9.17) is 4.74 Å². The van der Waals surface area contributed by atoms with Crippen molar-refractivity contribution in [3.05, 3.63) is 59.5 Å². The van der Waals surface area contributed by atoms with Crippen LogP contribution in [0.4, 0.5) is 18.9 Å². The first kappa shape index (κ1) is 19.7. The van der Waals surface area contributed by atoms with Gasteiger partial charge >= 0.3 is 6.18 Å². The highest BCUT2D eigenvalue weighted by atomic mass is 19.4. The number of hydrogen-bond acceptors (Lipinski definition) is 3. The number of imidazole rings is 1. The second-order valence-corrected chi connectivity index (χ2v) is 6.52. The average molecular weight is 391 g/mol. The van der Waals surface area contributed by atoms with E-state index >= 15 is 0 Å². The van der Waals surface area contributed by atoms with E-state index in [9.17, 15) is 18.0 Å². The lowest BCUT2D eigenvalue weighted by Gasteiger charge is -2.15. The van der Waals surface area contributed by atoms with E-state index in [1.807, 2.05) is 13.8 Å². The predicted octanol–water partition coefficient (Wildman–Crippen LogP) is 4.96. The molecular formula is C20H20F3N3O2. The molecule has 0 saturated carbocycles. The van der Waals surface area contributed by atoms with Gasteiger partial charge < -0.3 is 10.1 Å². The summed E-state index contributed by atoms with van der Waals surface area (Å²) in [6, 6.07) is 9.11. The third kappa shape index (κ3) is 3.95. The molecule has 2 heterocycles. The molecule has 1 amide bonds. The molecule has 0 spiro atoms. The van der Waals surface area contributed by atoms with Gasteiger partial charge in [0.25, 0.3) is 5.91 Å². The van der Waals surface area contributed by atoms with Crippen LogP contribution >= 0.6 is 0 Å². The monoisotopic (exact) mass is 391 g/mol. The zero-order chi connectivity index (χ0) is 20.5. The molecular weight excluding hydrogens is 371 g/mol. The Morgan fingerprint density at radius 2 is 1.93 bits per heavy atom. The lowest BCUT2D eigenvalue weighted by atomic mass is 10.2. The van der Waals surface area contributed by atoms with Crippen LogP contribution in [-0.2, 0) is 12.6 Å². The summed E-state index contributed by atoms with van der Waals surface area (Å²) in [7, 11) is 0. The Kier molecular flexibility index (Phi) is 5.31. The molecule has 3 aromatic rings. The van der Waals surface area contributed by atoms with E-state index in [1.54, 1.807) is 31.2 Å². The van der Waals surface area contributed by atoms with Gasteiger partial charge in [-0.05, 0) is 44.5 Å².